The molecule has 0 aliphatic carbocycles. The number of likely N-dealkylation sites (tertiary alicyclic amines) is 1. The molecule has 3 heterocycles. The first-order valence-electron chi connectivity index (χ1n) is 7.10. The highest BCUT2D eigenvalue weighted by atomic mass is 79.9. The van der Waals surface area contributed by atoms with Gasteiger partial charge in [0.25, 0.3) is 0 Å². The van der Waals surface area contributed by atoms with E-state index in [0.717, 1.165) is 36.9 Å². The fourth-order valence-electron chi connectivity index (χ4n) is 2.46. The quantitative estimate of drug-likeness (QED) is 0.826. The number of aryl methyl sites for hydroxylation is 1. The third-order valence-electron chi connectivity index (χ3n) is 3.74. The van der Waals surface area contributed by atoms with Crippen molar-refractivity contribution in [3.63, 3.8) is 0 Å². The fraction of sp³-hybridized carbons (Fsp3) is 0.467. The lowest BCUT2D eigenvalue weighted by Gasteiger charge is -2.31. The van der Waals surface area contributed by atoms with Gasteiger partial charge in [0.05, 0.1) is 4.47 Å². The van der Waals surface area contributed by atoms with E-state index in [1.165, 1.54) is 10.4 Å². The Balaban J connectivity index is 1.49. The maximum absolute atomic E-state index is 5.85. The van der Waals surface area contributed by atoms with Crippen molar-refractivity contribution in [3.05, 3.63) is 38.8 Å². The van der Waals surface area contributed by atoms with E-state index in [1.54, 1.807) is 12.4 Å². The molecule has 1 saturated heterocycles. The highest BCUT2D eigenvalue weighted by Crippen LogP contribution is 2.22. The van der Waals surface area contributed by atoms with Gasteiger partial charge in [0.15, 0.2) is 0 Å². The van der Waals surface area contributed by atoms with Gasteiger partial charge in [-0.3, -0.25) is 4.90 Å². The molecule has 0 amide bonds. The third kappa shape index (κ3) is 4.02. The summed E-state index contributed by atoms with van der Waals surface area (Å²) in [6, 6.07) is 2.67. The molecular weight excluding hydrogens is 350 g/mol. The molecule has 21 heavy (non-hydrogen) atoms. The molecule has 0 saturated carbocycles. The first-order valence-corrected chi connectivity index (χ1v) is 8.77. The number of piperidine rings is 1. The summed E-state index contributed by atoms with van der Waals surface area (Å²) in [5.74, 6) is 0. The highest BCUT2D eigenvalue weighted by Gasteiger charge is 2.21. The summed E-state index contributed by atoms with van der Waals surface area (Å²) in [7, 11) is 0. The Morgan fingerprint density at radius 3 is 2.67 bits per heavy atom. The Morgan fingerprint density at radius 2 is 2.05 bits per heavy atom. The summed E-state index contributed by atoms with van der Waals surface area (Å²) in [6.07, 6.45) is 5.73. The van der Waals surface area contributed by atoms with E-state index in [4.69, 9.17) is 4.74 Å². The van der Waals surface area contributed by atoms with Gasteiger partial charge in [0, 0.05) is 36.9 Å². The van der Waals surface area contributed by atoms with Gasteiger partial charge in [-0.2, -0.15) is 0 Å². The first-order chi connectivity index (χ1) is 10.2. The van der Waals surface area contributed by atoms with E-state index >= 15 is 0 Å². The van der Waals surface area contributed by atoms with Crippen LogP contribution in [0.25, 0.3) is 0 Å². The number of thiophene rings is 1. The van der Waals surface area contributed by atoms with Gasteiger partial charge in [-0.15, -0.1) is 11.3 Å². The molecule has 1 aliphatic rings. The van der Waals surface area contributed by atoms with Gasteiger partial charge in [-0.1, -0.05) is 0 Å². The van der Waals surface area contributed by atoms with Crippen molar-refractivity contribution in [2.45, 2.75) is 32.4 Å². The predicted molar refractivity (Wildman–Crippen MR) is 87.7 cm³/mol. The molecule has 112 valence electrons. The van der Waals surface area contributed by atoms with Crippen molar-refractivity contribution in [1.82, 2.24) is 14.9 Å². The minimum Gasteiger partial charge on any atom is -0.460 e. The van der Waals surface area contributed by atoms with Crippen LogP contribution >= 0.6 is 27.3 Å². The van der Waals surface area contributed by atoms with Crippen molar-refractivity contribution in [2.75, 3.05) is 13.1 Å². The number of hydrogen-bond donors (Lipinski definition) is 0. The van der Waals surface area contributed by atoms with Crippen molar-refractivity contribution in [3.8, 4) is 6.01 Å². The molecule has 2 aromatic rings. The molecule has 0 atom stereocenters. The van der Waals surface area contributed by atoms with Crippen LogP contribution in [0.4, 0.5) is 0 Å². The van der Waals surface area contributed by atoms with Gasteiger partial charge >= 0.3 is 6.01 Å². The number of rotatable bonds is 4. The van der Waals surface area contributed by atoms with Crippen molar-refractivity contribution < 1.29 is 4.74 Å². The monoisotopic (exact) mass is 367 g/mol. The standard InChI is InChI=1S/C15H18BrN3OS/c1-11-4-7-21-14(11)10-19-5-2-13(3-6-19)20-15-17-8-12(16)9-18-15/h4,7-9,13H,2-3,5-6,10H2,1H3. The number of ether oxygens (including phenoxy) is 1. The minimum atomic E-state index is 0.229. The molecule has 1 aliphatic heterocycles. The fourth-order valence-corrected chi connectivity index (χ4v) is 3.62. The lowest BCUT2D eigenvalue weighted by atomic mass is 10.1. The number of halogens is 1. The summed E-state index contributed by atoms with van der Waals surface area (Å²) in [6.45, 7) is 5.38. The Kier molecular flexibility index (Phi) is 4.87. The van der Waals surface area contributed by atoms with Crippen LogP contribution in [0.15, 0.2) is 28.3 Å². The molecule has 0 unspecified atom stereocenters. The van der Waals surface area contributed by atoms with Crippen molar-refractivity contribution >= 4 is 27.3 Å². The second-order valence-electron chi connectivity index (χ2n) is 5.30. The zero-order chi connectivity index (χ0) is 14.7. The highest BCUT2D eigenvalue weighted by molar-refractivity contribution is 9.10. The molecule has 4 nitrogen and oxygen atoms in total. The van der Waals surface area contributed by atoms with E-state index in [-0.39, 0.29) is 6.10 Å². The van der Waals surface area contributed by atoms with Crippen LogP contribution in [-0.2, 0) is 6.54 Å². The number of aromatic nitrogens is 2. The molecule has 0 spiro atoms. The molecule has 0 radical (unpaired) electrons. The van der Waals surface area contributed by atoms with Gasteiger partial charge in [-0.05, 0) is 52.7 Å². The second-order valence-corrected chi connectivity index (χ2v) is 7.22. The van der Waals surface area contributed by atoms with Crippen LogP contribution < -0.4 is 4.74 Å². The SMILES string of the molecule is Cc1ccsc1CN1CCC(Oc2ncc(Br)cn2)CC1. The normalized spacial score (nSPS) is 17.0. The summed E-state index contributed by atoms with van der Waals surface area (Å²) in [5, 5.41) is 2.17. The molecule has 0 bridgehead atoms. The maximum Gasteiger partial charge on any atom is 0.316 e. The van der Waals surface area contributed by atoms with Gasteiger partial charge < -0.3 is 4.74 Å². The van der Waals surface area contributed by atoms with E-state index < -0.39 is 0 Å². The van der Waals surface area contributed by atoms with Crippen molar-refractivity contribution in [2.24, 2.45) is 0 Å². The number of nitrogens with zero attached hydrogens (tertiary/aromatic N) is 3. The Bertz CT molecular complexity index is 579. The van der Waals surface area contributed by atoms with E-state index in [0.29, 0.717) is 6.01 Å². The largest absolute Gasteiger partial charge is 0.460 e. The maximum atomic E-state index is 5.85. The Labute approximate surface area is 137 Å². The van der Waals surface area contributed by atoms with Crippen LogP contribution in [0.5, 0.6) is 6.01 Å². The summed E-state index contributed by atoms with van der Waals surface area (Å²) < 4.78 is 6.72. The molecule has 6 heteroatoms. The third-order valence-corrected chi connectivity index (χ3v) is 5.16. The average Bonchev–Trinajstić information content (AvgIpc) is 2.89. The predicted octanol–water partition coefficient (Wildman–Crippen LogP) is 3.65. The van der Waals surface area contributed by atoms with Gasteiger partial charge in [0.1, 0.15) is 6.10 Å². The summed E-state index contributed by atoms with van der Waals surface area (Å²) >= 11 is 5.18. The molecule has 3 rings (SSSR count). The molecular formula is C15H18BrN3OS. The summed E-state index contributed by atoms with van der Waals surface area (Å²) in [4.78, 5) is 12.3. The van der Waals surface area contributed by atoms with E-state index in [9.17, 15) is 0 Å². The molecule has 0 aromatic carbocycles. The smallest absolute Gasteiger partial charge is 0.316 e. The zero-order valence-corrected chi connectivity index (χ0v) is 14.4. The molecule has 2 aromatic heterocycles. The van der Waals surface area contributed by atoms with Crippen molar-refractivity contribution in [1.29, 1.82) is 0 Å². The molecule has 0 N–H and O–H groups in total. The van der Waals surface area contributed by atoms with Crippen LogP contribution in [0, 0.1) is 6.92 Å². The lowest BCUT2D eigenvalue weighted by molar-refractivity contribution is 0.0896. The van der Waals surface area contributed by atoms with Crippen LogP contribution in [-0.4, -0.2) is 34.1 Å². The lowest BCUT2D eigenvalue weighted by Crippen LogP contribution is -2.38. The molecule has 1 fully saturated rings. The zero-order valence-electron chi connectivity index (χ0n) is 12.0. The van der Waals surface area contributed by atoms with Crippen LogP contribution in [0.1, 0.15) is 23.3 Å². The Morgan fingerprint density at radius 1 is 1.33 bits per heavy atom. The number of hydrogen-bond acceptors (Lipinski definition) is 5. The Hall–Kier alpha value is -0.980. The van der Waals surface area contributed by atoms with Gasteiger partial charge in [-0.25, -0.2) is 9.97 Å². The average molecular weight is 368 g/mol. The van der Waals surface area contributed by atoms with Gasteiger partial charge in [0.2, 0.25) is 0 Å². The van der Waals surface area contributed by atoms with Crippen LogP contribution in [0.2, 0.25) is 0 Å². The first kappa shape index (κ1) is 14.9. The second kappa shape index (κ2) is 6.85. The van der Waals surface area contributed by atoms with Crippen LogP contribution in [0.3, 0.4) is 0 Å². The minimum absolute atomic E-state index is 0.229. The van der Waals surface area contributed by atoms with E-state index in [2.05, 4.69) is 49.2 Å². The summed E-state index contributed by atoms with van der Waals surface area (Å²) in [5.41, 5.74) is 1.40. The topological polar surface area (TPSA) is 38.2 Å². The van der Waals surface area contributed by atoms with E-state index in [1.807, 2.05) is 11.3 Å².